The van der Waals surface area contributed by atoms with Crippen LogP contribution < -0.4 is 9.64 Å². The number of piperidine rings is 1. The molecule has 1 aliphatic heterocycles. The van der Waals surface area contributed by atoms with Crippen LogP contribution in [-0.2, 0) is 4.84 Å². The fraction of sp³-hybridized carbons (Fsp3) is 0.500. The topological polar surface area (TPSA) is 59.8 Å². The summed E-state index contributed by atoms with van der Waals surface area (Å²) in [6.07, 6.45) is 4.18. The lowest BCUT2D eigenvalue weighted by atomic mass is 9.94. The largest absolute Gasteiger partial charge is 0.494 e. The van der Waals surface area contributed by atoms with Crippen LogP contribution in [0, 0.1) is 5.92 Å². The van der Waals surface area contributed by atoms with Gasteiger partial charge < -0.3 is 14.5 Å². The molecule has 2 aromatic rings. The quantitative estimate of drug-likeness (QED) is 0.426. The third kappa shape index (κ3) is 6.32. The number of benzene rings is 1. The number of nitrogens with zero attached hydrogens (tertiary/aromatic N) is 4. The van der Waals surface area contributed by atoms with Gasteiger partial charge in [-0.2, -0.15) is 0 Å². The molecule has 0 aliphatic carbocycles. The molecule has 0 N–H and O–H groups in total. The van der Waals surface area contributed by atoms with E-state index in [1.54, 1.807) is 6.07 Å². The molecular formula is C22H29ClN4O2. The summed E-state index contributed by atoms with van der Waals surface area (Å²) in [6.45, 7) is 7.31. The average molecular weight is 417 g/mol. The minimum absolute atomic E-state index is 0.432. The number of halogens is 1. The molecule has 0 amide bonds. The van der Waals surface area contributed by atoms with Crippen molar-refractivity contribution in [3.05, 3.63) is 47.1 Å². The van der Waals surface area contributed by atoms with E-state index in [-0.39, 0.29) is 0 Å². The van der Waals surface area contributed by atoms with Gasteiger partial charge in [0.1, 0.15) is 12.4 Å². The van der Waals surface area contributed by atoms with E-state index in [0.29, 0.717) is 17.7 Å². The molecule has 3 rings (SSSR count). The molecule has 0 bridgehead atoms. The van der Waals surface area contributed by atoms with Gasteiger partial charge in [0.25, 0.3) is 0 Å². The number of rotatable bonds is 9. The van der Waals surface area contributed by atoms with Gasteiger partial charge in [-0.1, -0.05) is 23.7 Å². The van der Waals surface area contributed by atoms with Crippen molar-refractivity contribution < 1.29 is 9.57 Å². The van der Waals surface area contributed by atoms with Crippen LogP contribution in [0.2, 0.25) is 5.15 Å². The number of aromatic nitrogens is 2. The third-order valence-electron chi connectivity index (χ3n) is 5.18. The highest BCUT2D eigenvalue weighted by molar-refractivity contribution is 6.29. The Labute approximate surface area is 177 Å². The first-order valence-corrected chi connectivity index (χ1v) is 10.7. The fourth-order valence-corrected chi connectivity index (χ4v) is 3.58. The van der Waals surface area contributed by atoms with Crippen molar-refractivity contribution in [3.8, 4) is 5.75 Å². The van der Waals surface area contributed by atoms with Crippen molar-refractivity contribution in [2.24, 2.45) is 11.1 Å². The molecule has 2 heterocycles. The predicted molar refractivity (Wildman–Crippen MR) is 117 cm³/mol. The van der Waals surface area contributed by atoms with Crippen LogP contribution in [0.15, 0.2) is 41.6 Å². The second-order valence-electron chi connectivity index (χ2n) is 7.12. The molecule has 0 radical (unpaired) electrons. The van der Waals surface area contributed by atoms with Crippen molar-refractivity contribution in [1.82, 2.24) is 10.2 Å². The molecular weight excluding hydrogens is 388 g/mol. The monoisotopic (exact) mass is 416 g/mol. The maximum Gasteiger partial charge on any atom is 0.151 e. The maximum absolute atomic E-state index is 5.96. The summed E-state index contributed by atoms with van der Waals surface area (Å²) in [6, 6.07) is 11.8. The first kappa shape index (κ1) is 21.4. The minimum atomic E-state index is 0.432. The van der Waals surface area contributed by atoms with E-state index in [4.69, 9.17) is 21.2 Å². The van der Waals surface area contributed by atoms with E-state index in [1.807, 2.05) is 37.3 Å². The first-order chi connectivity index (χ1) is 14.2. The van der Waals surface area contributed by atoms with Crippen LogP contribution in [0.1, 0.15) is 45.1 Å². The fourth-order valence-electron chi connectivity index (χ4n) is 3.48. The Bertz CT molecular complexity index is 772. The van der Waals surface area contributed by atoms with Gasteiger partial charge in [-0.15, -0.1) is 10.2 Å². The van der Waals surface area contributed by atoms with Crippen LogP contribution in [0.25, 0.3) is 0 Å². The standard InChI is InChI=1S/C22H29ClN4O2/c1-3-20(26-29-4-2)18-5-7-19(8-6-18)28-16-13-17-11-14-27(15-12-17)22-10-9-21(23)24-25-22/h5-10,17H,3-4,11-16H2,1-2H3/b26-20-. The molecule has 0 spiro atoms. The van der Waals surface area contributed by atoms with Crippen LogP contribution in [0.3, 0.4) is 0 Å². The summed E-state index contributed by atoms with van der Waals surface area (Å²) in [4.78, 5) is 7.46. The zero-order valence-electron chi connectivity index (χ0n) is 17.2. The summed E-state index contributed by atoms with van der Waals surface area (Å²) < 4.78 is 5.96. The maximum atomic E-state index is 5.96. The number of ether oxygens (including phenoxy) is 1. The average Bonchev–Trinajstić information content (AvgIpc) is 2.76. The molecule has 1 saturated heterocycles. The summed E-state index contributed by atoms with van der Waals surface area (Å²) in [5.74, 6) is 2.48. The van der Waals surface area contributed by atoms with E-state index in [2.05, 4.69) is 27.2 Å². The lowest BCUT2D eigenvalue weighted by molar-refractivity contribution is 0.158. The number of hydrogen-bond acceptors (Lipinski definition) is 6. The SMILES string of the molecule is CCO/N=C(/CC)c1ccc(OCCC2CCN(c3ccc(Cl)nn3)CC2)cc1. The van der Waals surface area contributed by atoms with Gasteiger partial charge in [-0.25, -0.2) is 0 Å². The Morgan fingerprint density at radius 3 is 2.48 bits per heavy atom. The zero-order chi connectivity index (χ0) is 20.5. The van der Waals surface area contributed by atoms with Gasteiger partial charge in [-0.3, -0.25) is 0 Å². The highest BCUT2D eigenvalue weighted by Crippen LogP contribution is 2.24. The summed E-state index contributed by atoms with van der Waals surface area (Å²) >= 11 is 5.82. The van der Waals surface area contributed by atoms with E-state index in [9.17, 15) is 0 Å². The Morgan fingerprint density at radius 2 is 1.86 bits per heavy atom. The van der Waals surface area contributed by atoms with Crippen molar-refractivity contribution in [2.45, 2.75) is 39.5 Å². The van der Waals surface area contributed by atoms with Crippen LogP contribution in [-0.4, -0.2) is 42.2 Å². The molecule has 0 atom stereocenters. The lowest BCUT2D eigenvalue weighted by Crippen LogP contribution is -2.34. The van der Waals surface area contributed by atoms with Crippen LogP contribution in [0.4, 0.5) is 5.82 Å². The summed E-state index contributed by atoms with van der Waals surface area (Å²) in [7, 11) is 0. The molecule has 1 aromatic heterocycles. The first-order valence-electron chi connectivity index (χ1n) is 10.4. The normalized spacial score (nSPS) is 15.4. The Hall–Kier alpha value is -2.34. The van der Waals surface area contributed by atoms with Crippen molar-refractivity contribution >= 4 is 23.1 Å². The molecule has 0 unspecified atom stereocenters. The summed E-state index contributed by atoms with van der Waals surface area (Å²) in [5.41, 5.74) is 2.03. The highest BCUT2D eigenvalue weighted by Gasteiger charge is 2.20. The van der Waals surface area contributed by atoms with E-state index in [1.165, 1.54) is 0 Å². The second kappa shape index (κ2) is 11.0. The smallest absolute Gasteiger partial charge is 0.151 e. The Balaban J connectivity index is 1.41. The van der Waals surface area contributed by atoms with Crippen molar-refractivity contribution in [1.29, 1.82) is 0 Å². The Morgan fingerprint density at radius 1 is 1.10 bits per heavy atom. The van der Waals surface area contributed by atoms with Gasteiger partial charge in [0.2, 0.25) is 0 Å². The van der Waals surface area contributed by atoms with Gasteiger partial charge in [-0.05, 0) is 80.5 Å². The predicted octanol–water partition coefficient (Wildman–Crippen LogP) is 4.97. The molecule has 156 valence electrons. The van der Waals surface area contributed by atoms with Crippen molar-refractivity contribution in [3.63, 3.8) is 0 Å². The molecule has 1 aliphatic rings. The van der Waals surface area contributed by atoms with E-state index in [0.717, 1.165) is 68.2 Å². The van der Waals surface area contributed by atoms with E-state index >= 15 is 0 Å². The summed E-state index contributed by atoms with van der Waals surface area (Å²) in [5, 5.41) is 12.7. The van der Waals surface area contributed by atoms with Crippen LogP contribution in [0.5, 0.6) is 5.75 Å². The third-order valence-corrected chi connectivity index (χ3v) is 5.38. The molecule has 0 saturated carbocycles. The van der Waals surface area contributed by atoms with Gasteiger partial charge in [0, 0.05) is 13.1 Å². The minimum Gasteiger partial charge on any atom is -0.494 e. The number of anilines is 1. The number of oxime groups is 1. The molecule has 1 fully saturated rings. The molecule has 6 nitrogen and oxygen atoms in total. The molecule has 1 aromatic carbocycles. The zero-order valence-corrected chi connectivity index (χ0v) is 17.9. The van der Waals surface area contributed by atoms with Gasteiger partial charge in [0.05, 0.1) is 12.3 Å². The molecule has 29 heavy (non-hydrogen) atoms. The van der Waals surface area contributed by atoms with Gasteiger partial charge >= 0.3 is 0 Å². The Kier molecular flexibility index (Phi) is 8.11. The lowest BCUT2D eigenvalue weighted by Gasteiger charge is -2.32. The second-order valence-corrected chi connectivity index (χ2v) is 7.50. The number of hydrogen-bond donors (Lipinski definition) is 0. The highest BCUT2D eigenvalue weighted by atomic mass is 35.5. The van der Waals surface area contributed by atoms with E-state index < -0.39 is 0 Å². The van der Waals surface area contributed by atoms with Crippen molar-refractivity contribution in [2.75, 3.05) is 31.2 Å². The molecule has 7 heteroatoms. The van der Waals surface area contributed by atoms with Crippen LogP contribution >= 0.6 is 11.6 Å². The van der Waals surface area contributed by atoms with Gasteiger partial charge in [0.15, 0.2) is 11.0 Å².